The van der Waals surface area contributed by atoms with Crippen LogP contribution in [0.15, 0.2) is 58.3 Å². The van der Waals surface area contributed by atoms with E-state index in [-0.39, 0.29) is 35.7 Å². The number of aliphatic hydroxyl groups is 1. The highest BCUT2D eigenvalue weighted by atomic mass is 32.2. The van der Waals surface area contributed by atoms with E-state index in [0.717, 1.165) is 6.92 Å². The number of morpholine rings is 1. The van der Waals surface area contributed by atoms with E-state index in [1.54, 1.807) is 30.3 Å². The highest BCUT2D eigenvalue weighted by Gasteiger charge is 2.51. The maximum Gasteiger partial charge on any atom is 0.421 e. The van der Waals surface area contributed by atoms with Crippen LogP contribution in [-0.4, -0.2) is 86.9 Å². The van der Waals surface area contributed by atoms with Gasteiger partial charge >= 0.3 is 6.18 Å². The lowest BCUT2D eigenvalue weighted by Crippen LogP contribution is -2.59. The highest BCUT2D eigenvalue weighted by Crippen LogP contribution is 2.39. The van der Waals surface area contributed by atoms with E-state index in [9.17, 15) is 26.7 Å². The van der Waals surface area contributed by atoms with Gasteiger partial charge in [0.15, 0.2) is 5.60 Å². The van der Waals surface area contributed by atoms with Crippen LogP contribution in [-0.2, 0) is 20.4 Å². The van der Waals surface area contributed by atoms with Gasteiger partial charge in [0.2, 0.25) is 10.0 Å². The lowest BCUT2D eigenvalue weighted by atomic mass is 9.95. The summed E-state index contributed by atoms with van der Waals surface area (Å²) in [5.41, 5.74) is -2.56. The van der Waals surface area contributed by atoms with Crippen molar-refractivity contribution in [2.75, 3.05) is 50.8 Å². The number of halogens is 3. The van der Waals surface area contributed by atoms with Crippen molar-refractivity contribution in [3.8, 4) is 0 Å². The molecule has 2 fully saturated rings. The molecule has 2 aliphatic rings. The fourth-order valence-electron chi connectivity index (χ4n) is 4.85. The summed E-state index contributed by atoms with van der Waals surface area (Å²) in [5.74, 6) is 0. The number of anilines is 1. The minimum Gasteiger partial charge on any atom is -0.376 e. The second-order valence-electron chi connectivity index (χ2n) is 9.74. The molecule has 0 unspecified atom stereocenters. The molecule has 204 valence electrons. The van der Waals surface area contributed by atoms with E-state index in [2.05, 4.69) is 17.5 Å². The molecular formula is C25H32F3N3O4S2. The second kappa shape index (κ2) is 10.7. The first-order chi connectivity index (χ1) is 17.3. The second-order valence-corrected chi connectivity index (χ2v) is 12.1. The van der Waals surface area contributed by atoms with E-state index >= 15 is 0 Å². The van der Waals surface area contributed by atoms with Crippen LogP contribution in [0, 0.1) is 0 Å². The fraction of sp³-hybridized carbons (Fsp3) is 0.520. The Morgan fingerprint density at radius 2 is 1.73 bits per heavy atom. The summed E-state index contributed by atoms with van der Waals surface area (Å²) in [5, 5.41) is 10.0. The lowest BCUT2D eigenvalue weighted by Gasteiger charge is -2.45. The van der Waals surface area contributed by atoms with Crippen LogP contribution in [0.1, 0.15) is 19.4 Å². The number of thiol groups is 1. The molecule has 2 aliphatic heterocycles. The summed E-state index contributed by atoms with van der Waals surface area (Å²) >= 11 is 4.34. The van der Waals surface area contributed by atoms with Crippen LogP contribution in [0.25, 0.3) is 0 Å². The average Bonchev–Trinajstić information content (AvgIpc) is 2.83. The first-order valence-corrected chi connectivity index (χ1v) is 14.0. The predicted molar refractivity (Wildman–Crippen MR) is 138 cm³/mol. The zero-order valence-electron chi connectivity index (χ0n) is 20.7. The topological polar surface area (TPSA) is 73.3 Å². The molecule has 0 aliphatic carbocycles. The Morgan fingerprint density at radius 3 is 2.35 bits per heavy atom. The van der Waals surface area contributed by atoms with Crippen molar-refractivity contribution in [2.45, 2.75) is 47.6 Å². The first kappa shape index (κ1) is 28.2. The van der Waals surface area contributed by atoms with Gasteiger partial charge in [-0.2, -0.15) is 17.5 Å². The van der Waals surface area contributed by atoms with Crippen LogP contribution in [0.5, 0.6) is 0 Å². The number of piperazine rings is 1. The number of rotatable bonds is 6. The van der Waals surface area contributed by atoms with E-state index in [0.29, 0.717) is 43.4 Å². The minimum atomic E-state index is -4.81. The van der Waals surface area contributed by atoms with E-state index in [1.165, 1.54) is 22.5 Å². The van der Waals surface area contributed by atoms with E-state index in [4.69, 9.17) is 4.74 Å². The molecule has 3 atom stereocenters. The third-order valence-electron chi connectivity index (χ3n) is 7.04. The van der Waals surface area contributed by atoms with Gasteiger partial charge in [0.1, 0.15) is 0 Å². The molecule has 2 saturated heterocycles. The quantitative estimate of drug-likeness (QED) is 0.529. The van der Waals surface area contributed by atoms with Crippen molar-refractivity contribution in [1.29, 1.82) is 0 Å². The summed E-state index contributed by atoms with van der Waals surface area (Å²) in [7, 11) is -3.80. The molecule has 0 aromatic heterocycles. The van der Waals surface area contributed by atoms with Gasteiger partial charge in [0, 0.05) is 49.9 Å². The third kappa shape index (κ3) is 5.94. The van der Waals surface area contributed by atoms with Crippen molar-refractivity contribution in [3.05, 3.63) is 54.1 Å². The Labute approximate surface area is 221 Å². The molecule has 12 heteroatoms. The van der Waals surface area contributed by atoms with Gasteiger partial charge in [-0.05, 0) is 43.7 Å². The van der Waals surface area contributed by atoms with Crippen molar-refractivity contribution >= 4 is 28.3 Å². The van der Waals surface area contributed by atoms with Crippen molar-refractivity contribution in [1.82, 2.24) is 9.21 Å². The van der Waals surface area contributed by atoms with Crippen LogP contribution in [0.4, 0.5) is 18.9 Å². The summed E-state index contributed by atoms with van der Waals surface area (Å²) < 4.78 is 74.0. The number of benzene rings is 2. The zero-order chi connectivity index (χ0) is 27.0. The van der Waals surface area contributed by atoms with Crippen molar-refractivity contribution in [3.63, 3.8) is 0 Å². The Balaban J connectivity index is 1.61. The molecule has 2 aromatic carbocycles. The molecule has 1 N–H and O–H groups in total. The van der Waals surface area contributed by atoms with Gasteiger partial charge in [-0.25, -0.2) is 8.42 Å². The van der Waals surface area contributed by atoms with Gasteiger partial charge in [-0.15, -0.1) is 12.6 Å². The lowest BCUT2D eigenvalue weighted by molar-refractivity contribution is -0.258. The van der Waals surface area contributed by atoms with Crippen LogP contribution >= 0.6 is 12.6 Å². The molecular weight excluding hydrogens is 527 g/mol. The predicted octanol–water partition coefficient (Wildman–Crippen LogP) is 3.35. The molecule has 0 spiro atoms. The van der Waals surface area contributed by atoms with E-state index < -0.39 is 21.8 Å². The number of hydrogen-bond donors (Lipinski definition) is 2. The van der Waals surface area contributed by atoms with Gasteiger partial charge in [-0.3, -0.25) is 4.90 Å². The molecule has 2 heterocycles. The molecule has 0 amide bonds. The minimum absolute atomic E-state index is 0.0468. The molecule has 0 saturated carbocycles. The van der Waals surface area contributed by atoms with Crippen LogP contribution in [0.2, 0.25) is 0 Å². The largest absolute Gasteiger partial charge is 0.421 e. The van der Waals surface area contributed by atoms with Gasteiger partial charge < -0.3 is 14.7 Å². The van der Waals surface area contributed by atoms with Crippen molar-refractivity contribution < 1.29 is 31.4 Å². The Hall–Kier alpha value is -1.83. The number of hydrogen-bond acceptors (Lipinski definition) is 7. The average molecular weight is 560 g/mol. The Kier molecular flexibility index (Phi) is 8.18. The van der Waals surface area contributed by atoms with E-state index in [1.807, 2.05) is 11.8 Å². The summed E-state index contributed by atoms with van der Waals surface area (Å²) in [6.45, 7) is 6.02. The number of sulfonamides is 1. The maximum absolute atomic E-state index is 13.5. The molecule has 0 bridgehead atoms. The number of ether oxygens (including phenoxy) is 1. The number of alkyl halides is 3. The Bertz CT molecular complexity index is 1190. The summed E-state index contributed by atoms with van der Waals surface area (Å²) in [6.07, 6.45) is -4.77. The highest BCUT2D eigenvalue weighted by molar-refractivity contribution is 7.90. The summed E-state index contributed by atoms with van der Waals surface area (Å²) in [4.78, 5) is 4.77. The Morgan fingerprint density at radius 1 is 1.05 bits per heavy atom. The van der Waals surface area contributed by atoms with Gasteiger partial charge in [0.05, 0.1) is 23.6 Å². The van der Waals surface area contributed by atoms with Crippen LogP contribution in [0.3, 0.4) is 0 Å². The third-order valence-corrected chi connectivity index (χ3v) is 9.50. The SMILES string of the molecule is C[C@@H]1CN(C[C@@H]2CN(S(=O)(=O)c3ccccc3S)CCN2c2ccc([C@@](C)(O)C(F)(F)F)cc2)CCO1. The first-order valence-electron chi connectivity index (χ1n) is 12.1. The molecule has 2 aromatic rings. The molecule has 37 heavy (non-hydrogen) atoms. The molecule has 4 rings (SSSR count). The standard InChI is InChI=1S/C25H32F3N3O4S2/c1-18-15-29(13-14-35-18)16-21-17-30(37(33,34)23-6-4-3-5-22(23)36)11-12-31(21)20-9-7-19(8-10-20)24(2,32)25(26,27)28/h3-10,18,21,32,36H,11-17H2,1-2H3/t18-,21-,24-/m1/s1. The van der Waals surface area contributed by atoms with Crippen LogP contribution < -0.4 is 4.90 Å². The zero-order valence-corrected chi connectivity index (χ0v) is 22.4. The van der Waals surface area contributed by atoms with Gasteiger partial charge in [-0.1, -0.05) is 24.3 Å². The molecule has 0 radical (unpaired) electrons. The summed E-state index contributed by atoms with van der Waals surface area (Å²) in [6, 6.07) is 12.0. The molecule has 7 nitrogen and oxygen atoms in total. The normalized spacial score (nSPS) is 24.1. The maximum atomic E-state index is 13.5. The van der Waals surface area contributed by atoms with Crippen molar-refractivity contribution in [2.24, 2.45) is 0 Å². The van der Waals surface area contributed by atoms with Gasteiger partial charge in [0.25, 0.3) is 0 Å². The monoisotopic (exact) mass is 559 g/mol. The number of nitrogens with zero attached hydrogens (tertiary/aromatic N) is 3. The fourth-order valence-corrected chi connectivity index (χ4v) is 6.91. The smallest absolute Gasteiger partial charge is 0.376 e.